The average molecular weight is 355 g/mol. The Labute approximate surface area is 146 Å². The maximum absolute atomic E-state index is 12.1. The number of rotatable bonds is 9. The summed E-state index contributed by atoms with van der Waals surface area (Å²) in [5, 5.41) is 2.94. The highest BCUT2D eigenvalue weighted by molar-refractivity contribution is 7.92. The van der Waals surface area contributed by atoms with Gasteiger partial charge in [0.15, 0.2) is 0 Å². The predicted octanol–water partition coefficient (Wildman–Crippen LogP) is 3.15. The van der Waals surface area contributed by atoms with E-state index < -0.39 is 10.0 Å². The normalized spacial score (nSPS) is 12.7. The van der Waals surface area contributed by atoms with Crippen LogP contribution >= 0.6 is 0 Å². The molecule has 0 bridgehead atoms. The van der Waals surface area contributed by atoms with Gasteiger partial charge in [-0.15, -0.1) is 0 Å². The van der Waals surface area contributed by atoms with E-state index in [0.29, 0.717) is 25.1 Å². The van der Waals surface area contributed by atoms with Crippen LogP contribution in [0.25, 0.3) is 0 Å². The summed E-state index contributed by atoms with van der Waals surface area (Å²) in [5.74, 6) is -0.0233. The van der Waals surface area contributed by atoms with E-state index in [9.17, 15) is 13.2 Å². The summed E-state index contributed by atoms with van der Waals surface area (Å²) in [6.07, 6.45) is 3.99. The standard InChI is InChI=1S/C18H30N2O3S/c1-6-8-16(4)19-18(21)9-7-10-20(24(5,22)23)17-12-14(2)11-15(3)13-17/h11-13,16H,6-10H2,1-5H3,(H,19,21)/t16-/m1/s1. The number of hydrogen-bond donors (Lipinski definition) is 1. The molecule has 1 aromatic rings. The molecule has 0 radical (unpaired) electrons. The maximum Gasteiger partial charge on any atom is 0.232 e. The van der Waals surface area contributed by atoms with Gasteiger partial charge >= 0.3 is 0 Å². The molecular weight excluding hydrogens is 324 g/mol. The molecule has 0 unspecified atom stereocenters. The molecule has 6 heteroatoms. The largest absolute Gasteiger partial charge is 0.354 e. The van der Waals surface area contributed by atoms with E-state index in [1.165, 1.54) is 10.6 Å². The van der Waals surface area contributed by atoms with Crippen molar-refractivity contribution in [2.75, 3.05) is 17.1 Å². The Kier molecular flexibility index (Phi) is 7.73. The smallest absolute Gasteiger partial charge is 0.232 e. The van der Waals surface area contributed by atoms with Crippen molar-refractivity contribution in [1.82, 2.24) is 5.32 Å². The molecule has 1 atom stereocenters. The Hall–Kier alpha value is -1.56. The molecule has 0 aliphatic rings. The van der Waals surface area contributed by atoms with E-state index in [-0.39, 0.29) is 11.9 Å². The fraction of sp³-hybridized carbons (Fsp3) is 0.611. The van der Waals surface area contributed by atoms with E-state index in [1.807, 2.05) is 39.0 Å². The van der Waals surface area contributed by atoms with Gasteiger partial charge in [-0.2, -0.15) is 0 Å². The van der Waals surface area contributed by atoms with Crippen molar-refractivity contribution in [2.45, 2.75) is 59.4 Å². The number of carbonyl (C=O) groups is 1. The molecule has 24 heavy (non-hydrogen) atoms. The Morgan fingerprint density at radius 2 is 1.79 bits per heavy atom. The molecule has 0 aliphatic heterocycles. The predicted molar refractivity (Wildman–Crippen MR) is 99.9 cm³/mol. The number of amides is 1. The third-order valence-electron chi connectivity index (χ3n) is 3.79. The van der Waals surface area contributed by atoms with Crippen LogP contribution in [0.4, 0.5) is 5.69 Å². The molecule has 1 aromatic carbocycles. The number of anilines is 1. The number of hydrogen-bond acceptors (Lipinski definition) is 3. The highest BCUT2D eigenvalue weighted by Crippen LogP contribution is 2.21. The van der Waals surface area contributed by atoms with E-state index in [4.69, 9.17) is 0 Å². The van der Waals surface area contributed by atoms with Crippen LogP contribution in [0.2, 0.25) is 0 Å². The van der Waals surface area contributed by atoms with Crippen molar-refractivity contribution in [3.63, 3.8) is 0 Å². The number of nitrogens with one attached hydrogen (secondary N) is 1. The second-order valence-electron chi connectivity index (χ2n) is 6.54. The molecule has 0 aromatic heterocycles. The van der Waals surface area contributed by atoms with Gasteiger partial charge in [-0.1, -0.05) is 19.4 Å². The molecule has 5 nitrogen and oxygen atoms in total. The molecule has 1 amide bonds. The van der Waals surface area contributed by atoms with E-state index in [2.05, 4.69) is 12.2 Å². The average Bonchev–Trinajstić information content (AvgIpc) is 2.41. The van der Waals surface area contributed by atoms with Gasteiger partial charge in [0.05, 0.1) is 11.9 Å². The van der Waals surface area contributed by atoms with E-state index >= 15 is 0 Å². The summed E-state index contributed by atoms with van der Waals surface area (Å²) in [7, 11) is -3.38. The molecule has 0 spiro atoms. The first-order chi connectivity index (χ1) is 11.1. The minimum Gasteiger partial charge on any atom is -0.354 e. The summed E-state index contributed by atoms with van der Waals surface area (Å²) in [6, 6.07) is 5.88. The minimum atomic E-state index is -3.38. The van der Waals surface area contributed by atoms with Crippen LogP contribution in [0.5, 0.6) is 0 Å². The molecule has 1 N–H and O–H groups in total. The van der Waals surface area contributed by atoms with Crippen molar-refractivity contribution in [3.8, 4) is 0 Å². The second-order valence-corrected chi connectivity index (χ2v) is 8.45. The number of aryl methyl sites for hydroxylation is 2. The molecule has 1 rings (SSSR count). The first kappa shape index (κ1) is 20.5. The van der Waals surface area contributed by atoms with Crippen LogP contribution in [0.15, 0.2) is 18.2 Å². The molecule has 0 fully saturated rings. The van der Waals surface area contributed by atoms with Crippen molar-refractivity contribution >= 4 is 21.6 Å². The van der Waals surface area contributed by atoms with Gasteiger partial charge < -0.3 is 5.32 Å². The Balaban J connectivity index is 2.71. The summed E-state index contributed by atoms with van der Waals surface area (Å²) in [5.41, 5.74) is 2.70. The zero-order valence-electron chi connectivity index (χ0n) is 15.4. The Morgan fingerprint density at radius 3 is 2.29 bits per heavy atom. The van der Waals surface area contributed by atoms with Crippen molar-refractivity contribution in [1.29, 1.82) is 0 Å². The number of nitrogens with zero attached hydrogens (tertiary/aromatic N) is 1. The van der Waals surface area contributed by atoms with Crippen molar-refractivity contribution in [3.05, 3.63) is 29.3 Å². The topological polar surface area (TPSA) is 66.5 Å². The van der Waals surface area contributed by atoms with Crippen LogP contribution in [0.1, 0.15) is 50.7 Å². The summed E-state index contributed by atoms with van der Waals surface area (Å²) < 4.78 is 25.6. The second kappa shape index (κ2) is 9.06. The monoisotopic (exact) mass is 354 g/mol. The first-order valence-corrected chi connectivity index (χ1v) is 10.3. The van der Waals surface area contributed by atoms with Gasteiger partial charge in [0, 0.05) is 19.0 Å². The van der Waals surface area contributed by atoms with Gasteiger partial charge in [0.2, 0.25) is 15.9 Å². The number of carbonyl (C=O) groups excluding carboxylic acids is 1. The fourth-order valence-electron chi connectivity index (χ4n) is 2.82. The summed E-state index contributed by atoms with van der Waals surface area (Å²) >= 11 is 0. The Morgan fingerprint density at radius 1 is 1.21 bits per heavy atom. The zero-order valence-corrected chi connectivity index (χ0v) is 16.2. The summed E-state index contributed by atoms with van der Waals surface area (Å²) in [6.45, 7) is 8.26. The summed E-state index contributed by atoms with van der Waals surface area (Å²) in [4.78, 5) is 11.9. The molecule has 0 saturated heterocycles. The molecule has 0 aliphatic carbocycles. The fourth-order valence-corrected chi connectivity index (χ4v) is 3.77. The van der Waals surface area contributed by atoms with Crippen LogP contribution in [0.3, 0.4) is 0 Å². The SMILES string of the molecule is CCC[C@@H](C)NC(=O)CCCN(c1cc(C)cc(C)c1)S(C)(=O)=O. The highest BCUT2D eigenvalue weighted by atomic mass is 32.2. The van der Waals surface area contributed by atoms with Crippen molar-refractivity contribution < 1.29 is 13.2 Å². The van der Waals surface area contributed by atoms with Crippen molar-refractivity contribution in [2.24, 2.45) is 0 Å². The third kappa shape index (κ3) is 6.91. The lowest BCUT2D eigenvalue weighted by Gasteiger charge is -2.23. The maximum atomic E-state index is 12.1. The number of benzene rings is 1. The lowest BCUT2D eigenvalue weighted by molar-refractivity contribution is -0.121. The van der Waals surface area contributed by atoms with Crippen LogP contribution < -0.4 is 9.62 Å². The van der Waals surface area contributed by atoms with Gasteiger partial charge in [-0.3, -0.25) is 9.10 Å². The molecule has 0 saturated carbocycles. The molecule has 0 heterocycles. The third-order valence-corrected chi connectivity index (χ3v) is 4.98. The lowest BCUT2D eigenvalue weighted by atomic mass is 10.1. The van der Waals surface area contributed by atoms with Crippen LogP contribution in [-0.4, -0.2) is 33.2 Å². The van der Waals surface area contributed by atoms with Gasteiger partial charge in [0.25, 0.3) is 0 Å². The quantitative estimate of drug-likeness (QED) is 0.741. The highest BCUT2D eigenvalue weighted by Gasteiger charge is 2.18. The zero-order chi connectivity index (χ0) is 18.3. The van der Waals surface area contributed by atoms with Gasteiger partial charge in [0.1, 0.15) is 0 Å². The van der Waals surface area contributed by atoms with Crippen LogP contribution in [-0.2, 0) is 14.8 Å². The van der Waals surface area contributed by atoms with Gasteiger partial charge in [-0.05, 0) is 56.9 Å². The van der Waals surface area contributed by atoms with Gasteiger partial charge in [-0.25, -0.2) is 8.42 Å². The van der Waals surface area contributed by atoms with Crippen LogP contribution in [0, 0.1) is 13.8 Å². The van der Waals surface area contributed by atoms with E-state index in [1.54, 1.807) is 0 Å². The minimum absolute atomic E-state index is 0.0233. The molecule has 136 valence electrons. The number of sulfonamides is 1. The Bertz CT molecular complexity index is 636. The first-order valence-electron chi connectivity index (χ1n) is 8.49. The molecular formula is C18H30N2O3S. The lowest BCUT2D eigenvalue weighted by Crippen LogP contribution is -2.34. The van der Waals surface area contributed by atoms with E-state index in [0.717, 1.165) is 24.0 Å².